The molecule has 1 fully saturated rings. The monoisotopic (exact) mass is 422 g/mol. The summed E-state index contributed by atoms with van der Waals surface area (Å²) in [5.74, 6) is 0.181. The van der Waals surface area contributed by atoms with E-state index in [1.54, 1.807) is 6.92 Å². The number of carbonyl (C=O) groups is 2. The quantitative estimate of drug-likeness (QED) is 0.666. The Bertz CT molecular complexity index is 967. The fourth-order valence-corrected chi connectivity index (χ4v) is 3.76. The molecule has 7 nitrogen and oxygen atoms in total. The van der Waals surface area contributed by atoms with Gasteiger partial charge in [-0.05, 0) is 43.0 Å². The predicted octanol–water partition coefficient (Wildman–Crippen LogP) is 3.62. The van der Waals surface area contributed by atoms with E-state index in [9.17, 15) is 9.59 Å². The maximum Gasteiger partial charge on any atom is 0.338 e. The van der Waals surface area contributed by atoms with Crippen LogP contribution in [-0.4, -0.2) is 31.3 Å². The molecule has 0 aliphatic carbocycles. The van der Waals surface area contributed by atoms with Crippen LogP contribution in [0.15, 0.2) is 65.9 Å². The van der Waals surface area contributed by atoms with Crippen LogP contribution < -0.4 is 15.4 Å². The van der Waals surface area contributed by atoms with Crippen molar-refractivity contribution in [2.75, 3.05) is 13.2 Å². The van der Waals surface area contributed by atoms with Gasteiger partial charge in [0.05, 0.1) is 17.7 Å². The van der Waals surface area contributed by atoms with Gasteiger partial charge in [0.15, 0.2) is 0 Å². The minimum Gasteiger partial charge on any atom is -0.489 e. The van der Waals surface area contributed by atoms with E-state index in [1.807, 2.05) is 54.6 Å². The van der Waals surface area contributed by atoms with Crippen LogP contribution in [0.3, 0.4) is 0 Å². The highest BCUT2D eigenvalue weighted by molar-refractivity contribution is 5.95. The van der Waals surface area contributed by atoms with Gasteiger partial charge in [0.2, 0.25) is 0 Å². The third kappa shape index (κ3) is 5.24. The summed E-state index contributed by atoms with van der Waals surface area (Å²) in [5, 5.41) is 5.49. The van der Waals surface area contributed by atoms with Crippen LogP contribution in [0.5, 0.6) is 5.75 Å². The van der Waals surface area contributed by atoms with Crippen molar-refractivity contribution >= 4 is 12.0 Å². The van der Waals surface area contributed by atoms with E-state index >= 15 is 0 Å². The van der Waals surface area contributed by atoms with Gasteiger partial charge in [-0.2, -0.15) is 0 Å². The number of benzene rings is 2. The van der Waals surface area contributed by atoms with Gasteiger partial charge < -0.3 is 24.8 Å². The molecule has 2 aromatic rings. The number of rotatable bonds is 7. The second kappa shape index (κ2) is 9.66. The summed E-state index contributed by atoms with van der Waals surface area (Å²) in [6, 6.07) is 16.2. The topological polar surface area (TPSA) is 85.9 Å². The lowest BCUT2D eigenvalue weighted by Crippen LogP contribution is -2.45. The van der Waals surface area contributed by atoms with Crippen molar-refractivity contribution in [2.24, 2.45) is 0 Å². The first kappa shape index (κ1) is 20.9. The first-order valence-electron chi connectivity index (χ1n) is 10.4. The molecule has 0 aromatic heterocycles. The van der Waals surface area contributed by atoms with Gasteiger partial charge in [-0.15, -0.1) is 0 Å². The largest absolute Gasteiger partial charge is 0.489 e. The first-order valence-corrected chi connectivity index (χ1v) is 10.4. The fraction of sp³-hybridized carbons (Fsp3) is 0.333. The number of carbonyl (C=O) groups excluding carboxylic acids is 2. The zero-order valence-corrected chi connectivity index (χ0v) is 17.4. The molecular formula is C24H26N2O5. The van der Waals surface area contributed by atoms with Gasteiger partial charge in [-0.1, -0.05) is 42.5 Å². The predicted molar refractivity (Wildman–Crippen MR) is 114 cm³/mol. The molecular weight excluding hydrogens is 396 g/mol. The molecule has 0 spiro atoms. The van der Waals surface area contributed by atoms with Gasteiger partial charge in [-0.25, -0.2) is 9.59 Å². The molecule has 2 heterocycles. The molecule has 0 unspecified atom stereocenters. The SMILES string of the molecule is CC1=C(C(=O)OC[C@@H]2CCCO2)[C@@H](c2cccc(OCc3ccccc3)c2)NC(=O)N1. The van der Waals surface area contributed by atoms with Crippen LogP contribution in [0.2, 0.25) is 0 Å². The van der Waals surface area contributed by atoms with Crippen LogP contribution in [0.1, 0.15) is 36.9 Å². The van der Waals surface area contributed by atoms with E-state index in [0.29, 0.717) is 30.2 Å². The lowest BCUT2D eigenvalue weighted by molar-refractivity contribution is -0.142. The van der Waals surface area contributed by atoms with Crippen molar-refractivity contribution in [1.82, 2.24) is 10.6 Å². The standard InChI is InChI=1S/C24H26N2O5/c1-16-21(23(27)31-15-20-11-6-12-29-20)22(26-24(28)25-16)18-9-5-10-19(13-18)30-14-17-7-3-2-4-8-17/h2-5,7-10,13,20,22H,6,11-12,14-15H2,1H3,(H2,25,26,28)/t20-,22+/m0/s1. The summed E-state index contributed by atoms with van der Waals surface area (Å²) in [6.07, 6.45) is 1.79. The molecule has 31 heavy (non-hydrogen) atoms. The number of urea groups is 1. The zero-order valence-electron chi connectivity index (χ0n) is 17.4. The van der Waals surface area contributed by atoms with Gasteiger partial charge in [-0.3, -0.25) is 0 Å². The minimum atomic E-state index is -0.633. The van der Waals surface area contributed by atoms with Crippen LogP contribution in [0.25, 0.3) is 0 Å². The average Bonchev–Trinajstić information content (AvgIpc) is 3.30. The maximum absolute atomic E-state index is 12.9. The third-order valence-electron chi connectivity index (χ3n) is 5.35. The van der Waals surface area contributed by atoms with Crippen LogP contribution in [-0.2, 0) is 20.9 Å². The summed E-state index contributed by atoms with van der Waals surface area (Å²) in [7, 11) is 0. The molecule has 7 heteroatoms. The van der Waals surface area contributed by atoms with Crippen LogP contribution in [0, 0.1) is 0 Å². The molecule has 2 amide bonds. The Morgan fingerprint density at radius 3 is 2.77 bits per heavy atom. The summed E-state index contributed by atoms with van der Waals surface area (Å²) in [4.78, 5) is 25.0. The van der Waals surface area contributed by atoms with E-state index in [1.165, 1.54) is 0 Å². The minimum absolute atomic E-state index is 0.0656. The van der Waals surface area contributed by atoms with E-state index in [2.05, 4.69) is 10.6 Å². The summed E-state index contributed by atoms with van der Waals surface area (Å²) in [5.41, 5.74) is 2.64. The number of hydrogen-bond acceptors (Lipinski definition) is 5. The molecule has 2 aliphatic heterocycles. The Hall–Kier alpha value is -3.32. The molecule has 1 saturated heterocycles. The van der Waals surface area contributed by atoms with Crippen LogP contribution in [0.4, 0.5) is 4.79 Å². The van der Waals surface area contributed by atoms with Crippen molar-refractivity contribution in [3.63, 3.8) is 0 Å². The fourth-order valence-electron chi connectivity index (χ4n) is 3.76. The van der Waals surface area contributed by atoms with Gasteiger partial charge in [0.25, 0.3) is 0 Å². The summed E-state index contributed by atoms with van der Waals surface area (Å²) in [6.45, 7) is 3.02. The average molecular weight is 422 g/mol. The normalized spacial score (nSPS) is 20.7. The number of allylic oxidation sites excluding steroid dienone is 1. The molecule has 0 bridgehead atoms. The smallest absolute Gasteiger partial charge is 0.338 e. The zero-order chi connectivity index (χ0) is 21.6. The lowest BCUT2D eigenvalue weighted by Gasteiger charge is -2.28. The second-order valence-electron chi connectivity index (χ2n) is 7.65. The molecule has 0 radical (unpaired) electrons. The highest BCUT2D eigenvalue weighted by Crippen LogP contribution is 2.30. The molecule has 2 N–H and O–H groups in total. The van der Waals surface area contributed by atoms with Crippen molar-refractivity contribution in [1.29, 1.82) is 0 Å². The van der Waals surface area contributed by atoms with Crippen molar-refractivity contribution in [2.45, 2.75) is 38.5 Å². The Kier molecular flexibility index (Phi) is 6.52. The van der Waals surface area contributed by atoms with Crippen molar-refractivity contribution in [3.05, 3.63) is 77.0 Å². The molecule has 2 atom stereocenters. The molecule has 4 rings (SSSR count). The van der Waals surface area contributed by atoms with Crippen LogP contribution >= 0.6 is 0 Å². The summed E-state index contributed by atoms with van der Waals surface area (Å²) >= 11 is 0. The maximum atomic E-state index is 12.9. The number of esters is 1. The third-order valence-corrected chi connectivity index (χ3v) is 5.35. The number of amides is 2. The van der Waals surface area contributed by atoms with Crippen molar-refractivity contribution < 1.29 is 23.8 Å². The number of hydrogen-bond donors (Lipinski definition) is 2. The van der Waals surface area contributed by atoms with E-state index in [0.717, 1.165) is 24.0 Å². The Labute approximate surface area is 181 Å². The highest BCUT2D eigenvalue weighted by Gasteiger charge is 2.33. The van der Waals surface area contributed by atoms with E-state index < -0.39 is 12.0 Å². The summed E-state index contributed by atoms with van der Waals surface area (Å²) < 4.78 is 17.0. The molecule has 162 valence electrons. The lowest BCUT2D eigenvalue weighted by atomic mass is 9.95. The molecule has 2 aromatic carbocycles. The Balaban J connectivity index is 1.50. The van der Waals surface area contributed by atoms with E-state index in [-0.39, 0.29) is 18.7 Å². The number of nitrogens with one attached hydrogen (secondary N) is 2. The van der Waals surface area contributed by atoms with Gasteiger partial charge in [0.1, 0.15) is 19.0 Å². The van der Waals surface area contributed by atoms with Gasteiger partial charge in [0, 0.05) is 12.3 Å². The molecule has 2 aliphatic rings. The van der Waals surface area contributed by atoms with Gasteiger partial charge >= 0.3 is 12.0 Å². The number of ether oxygens (including phenoxy) is 3. The van der Waals surface area contributed by atoms with Crippen molar-refractivity contribution in [3.8, 4) is 5.75 Å². The molecule has 0 saturated carbocycles. The highest BCUT2D eigenvalue weighted by atomic mass is 16.6. The Morgan fingerprint density at radius 2 is 2.00 bits per heavy atom. The van der Waals surface area contributed by atoms with E-state index in [4.69, 9.17) is 14.2 Å². The second-order valence-corrected chi connectivity index (χ2v) is 7.65. The Morgan fingerprint density at radius 1 is 1.16 bits per heavy atom. The first-order chi connectivity index (χ1) is 15.1.